The standard InChI is InChI=1S/C15H16N2O2/c16-8-9-1-5-12(6-2-9)17-14-11-4-3-10(7-11)13(14)15(18)19/h1-2,5-6,10-11,13-14,17H,3-4,7H2,(H,18,19). The number of hydrogen-bond donors (Lipinski definition) is 2. The second-order valence-electron chi connectivity index (χ2n) is 5.56. The number of nitrogens with one attached hydrogen (secondary N) is 1. The summed E-state index contributed by atoms with van der Waals surface area (Å²) in [6.07, 6.45) is 3.21. The topological polar surface area (TPSA) is 73.1 Å². The number of hydrogen-bond acceptors (Lipinski definition) is 3. The summed E-state index contributed by atoms with van der Waals surface area (Å²) in [6, 6.07) is 9.32. The van der Waals surface area contributed by atoms with E-state index in [0.717, 1.165) is 24.9 Å². The van der Waals surface area contributed by atoms with E-state index in [9.17, 15) is 9.90 Å². The lowest BCUT2D eigenvalue weighted by molar-refractivity contribution is -0.143. The molecule has 1 aromatic rings. The molecule has 2 N–H and O–H groups in total. The first-order chi connectivity index (χ1) is 9.19. The van der Waals surface area contributed by atoms with Crippen LogP contribution in [-0.2, 0) is 4.79 Å². The van der Waals surface area contributed by atoms with E-state index in [1.54, 1.807) is 12.1 Å². The highest BCUT2D eigenvalue weighted by molar-refractivity contribution is 5.73. The fraction of sp³-hybridized carbons (Fsp3) is 0.467. The summed E-state index contributed by atoms with van der Waals surface area (Å²) in [4.78, 5) is 11.4. The maximum absolute atomic E-state index is 11.4. The number of carbonyl (C=O) groups is 1. The normalized spacial score (nSPS) is 31.9. The van der Waals surface area contributed by atoms with Crippen LogP contribution in [0.15, 0.2) is 24.3 Å². The molecule has 2 aliphatic carbocycles. The average molecular weight is 256 g/mol. The molecule has 0 heterocycles. The minimum Gasteiger partial charge on any atom is -0.481 e. The minimum absolute atomic E-state index is 0.0317. The highest BCUT2D eigenvalue weighted by atomic mass is 16.4. The molecule has 19 heavy (non-hydrogen) atoms. The van der Waals surface area contributed by atoms with Gasteiger partial charge in [0.15, 0.2) is 0 Å². The molecule has 2 aliphatic rings. The molecule has 98 valence electrons. The Hall–Kier alpha value is -2.02. The molecule has 4 heteroatoms. The van der Waals surface area contributed by atoms with Crippen LogP contribution in [0.5, 0.6) is 0 Å². The first kappa shape index (κ1) is 12.0. The van der Waals surface area contributed by atoms with E-state index in [-0.39, 0.29) is 12.0 Å². The third-order valence-electron chi connectivity index (χ3n) is 4.55. The van der Waals surface area contributed by atoms with Gasteiger partial charge in [-0.15, -0.1) is 0 Å². The van der Waals surface area contributed by atoms with Crippen LogP contribution in [0.3, 0.4) is 0 Å². The van der Waals surface area contributed by atoms with E-state index in [2.05, 4.69) is 11.4 Å². The molecule has 0 aromatic heterocycles. The highest BCUT2D eigenvalue weighted by Gasteiger charge is 2.50. The van der Waals surface area contributed by atoms with Crippen molar-refractivity contribution in [1.29, 1.82) is 5.26 Å². The number of nitriles is 1. The van der Waals surface area contributed by atoms with E-state index < -0.39 is 5.97 Å². The summed E-state index contributed by atoms with van der Waals surface area (Å²) < 4.78 is 0. The number of nitrogens with zero attached hydrogens (tertiary/aromatic N) is 1. The number of rotatable bonds is 3. The molecule has 2 bridgehead atoms. The van der Waals surface area contributed by atoms with Crippen molar-refractivity contribution in [2.24, 2.45) is 17.8 Å². The number of anilines is 1. The third kappa shape index (κ3) is 2.06. The second-order valence-corrected chi connectivity index (χ2v) is 5.56. The van der Waals surface area contributed by atoms with Gasteiger partial charge in [-0.05, 0) is 55.4 Å². The molecule has 4 nitrogen and oxygen atoms in total. The molecule has 3 rings (SSSR count). The van der Waals surface area contributed by atoms with Crippen LogP contribution in [0.2, 0.25) is 0 Å². The van der Waals surface area contributed by atoms with Crippen LogP contribution < -0.4 is 5.32 Å². The fourth-order valence-electron chi connectivity index (χ4n) is 3.69. The molecule has 0 aliphatic heterocycles. The SMILES string of the molecule is N#Cc1ccc(NC2C3CCC(C3)C2C(=O)O)cc1. The van der Waals surface area contributed by atoms with Crippen molar-refractivity contribution >= 4 is 11.7 Å². The molecular weight excluding hydrogens is 240 g/mol. The lowest BCUT2D eigenvalue weighted by Crippen LogP contribution is -2.39. The van der Waals surface area contributed by atoms with Crippen LogP contribution in [-0.4, -0.2) is 17.1 Å². The van der Waals surface area contributed by atoms with Crippen molar-refractivity contribution in [3.63, 3.8) is 0 Å². The van der Waals surface area contributed by atoms with Gasteiger partial charge in [0, 0.05) is 11.7 Å². The van der Waals surface area contributed by atoms with Gasteiger partial charge in [0.1, 0.15) is 0 Å². The predicted octanol–water partition coefficient (Wildman–Crippen LogP) is 2.47. The van der Waals surface area contributed by atoms with Crippen molar-refractivity contribution in [1.82, 2.24) is 0 Å². The Balaban J connectivity index is 1.78. The van der Waals surface area contributed by atoms with Crippen LogP contribution in [0, 0.1) is 29.1 Å². The maximum atomic E-state index is 11.4. The third-order valence-corrected chi connectivity index (χ3v) is 4.55. The van der Waals surface area contributed by atoms with Crippen LogP contribution in [0.4, 0.5) is 5.69 Å². The Morgan fingerprint density at radius 3 is 2.58 bits per heavy atom. The molecule has 2 fully saturated rings. The van der Waals surface area contributed by atoms with Gasteiger partial charge in [0.25, 0.3) is 0 Å². The first-order valence-electron chi connectivity index (χ1n) is 6.68. The van der Waals surface area contributed by atoms with Gasteiger partial charge in [0.05, 0.1) is 17.6 Å². The monoisotopic (exact) mass is 256 g/mol. The van der Waals surface area contributed by atoms with Crippen molar-refractivity contribution in [3.8, 4) is 6.07 Å². The number of benzene rings is 1. The summed E-state index contributed by atoms with van der Waals surface area (Å²) in [5.74, 6) is -0.145. The van der Waals surface area contributed by atoms with E-state index in [1.807, 2.05) is 12.1 Å². The summed E-state index contributed by atoms with van der Waals surface area (Å²) in [7, 11) is 0. The van der Waals surface area contributed by atoms with E-state index in [1.165, 1.54) is 0 Å². The number of aliphatic carboxylic acids is 1. The van der Waals surface area contributed by atoms with Gasteiger partial charge in [0.2, 0.25) is 0 Å². The Morgan fingerprint density at radius 1 is 1.26 bits per heavy atom. The summed E-state index contributed by atoms with van der Waals surface area (Å²) in [5, 5.41) is 21.5. The molecule has 2 saturated carbocycles. The fourth-order valence-corrected chi connectivity index (χ4v) is 3.69. The van der Waals surface area contributed by atoms with Gasteiger partial charge in [-0.3, -0.25) is 4.79 Å². The van der Waals surface area contributed by atoms with Crippen LogP contribution >= 0.6 is 0 Å². The zero-order chi connectivity index (χ0) is 13.4. The second kappa shape index (κ2) is 4.58. The van der Waals surface area contributed by atoms with E-state index in [4.69, 9.17) is 5.26 Å². The van der Waals surface area contributed by atoms with Gasteiger partial charge < -0.3 is 10.4 Å². The van der Waals surface area contributed by atoms with E-state index in [0.29, 0.717) is 17.4 Å². The van der Waals surface area contributed by atoms with Crippen molar-refractivity contribution < 1.29 is 9.90 Å². The zero-order valence-electron chi connectivity index (χ0n) is 10.5. The van der Waals surface area contributed by atoms with Gasteiger partial charge in [-0.25, -0.2) is 0 Å². The maximum Gasteiger partial charge on any atom is 0.308 e. The number of carboxylic acids is 1. The smallest absolute Gasteiger partial charge is 0.308 e. The van der Waals surface area contributed by atoms with Crippen molar-refractivity contribution in [2.75, 3.05) is 5.32 Å². The molecule has 1 aromatic carbocycles. The van der Waals surface area contributed by atoms with Crippen molar-refractivity contribution in [3.05, 3.63) is 29.8 Å². The molecule has 0 radical (unpaired) electrons. The molecule has 0 saturated heterocycles. The molecular formula is C15H16N2O2. The summed E-state index contributed by atoms with van der Waals surface area (Å²) >= 11 is 0. The Morgan fingerprint density at radius 2 is 1.95 bits per heavy atom. The Bertz CT molecular complexity index is 532. The van der Waals surface area contributed by atoms with Gasteiger partial charge in [-0.2, -0.15) is 5.26 Å². The highest BCUT2D eigenvalue weighted by Crippen LogP contribution is 2.49. The molecule has 0 amide bonds. The number of fused-ring (bicyclic) bond motifs is 2. The Kier molecular flexibility index (Phi) is 2.90. The lowest BCUT2D eigenvalue weighted by Gasteiger charge is -2.29. The molecule has 4 atom stereocenters. The lowest BCUT2D eigenvalue weighted by atomic mass is 9.84. The van der Waals surface area contributed by atoms with Gasteiger partial charge >= 0.3 is 5.97 Å². The van der Waals surface area contributed by atoms with Gasteiger partial charge in [-0.1, -0.05) is 0 Å². The van der Waals surface area contributed by atoms with Crippen LogP contribution in [0.1, 0.15) is 24.8 Å². The Labute approximate surface area is 112 Å². The summed E-state index contributed by atoms with van der Waals surface area (Å²) in [5.41, 5.74) is 1.52. The first-order valence-corrected chi connectivity index (χ1v) is 6.68. The quantitative estimate of drug-likeness (QED) is 0.871. The van der Waals surface area contributed by atoms with E-state index >= 15 is 0 Å². The largest absolute Gasteiger partial charge is 0.481 e. The average Bonchev–Trinajstić information content (AvgIpc) is 3.00. The number of carboxylic acid groups (broad SMARTS) is 1. The zero-order valence-corrected chi connectivity index (χ0v) is 10.5. The predicted molar refractivity (Wildman–Crippen MR) is 70.5 cm³/mol. The summed E-state index contributed by atoms with van der Waals surface area (Å²) in [6.45, 7) is 0. The van der Waals surface area contributed by atoms with Crippen LogP contribution in [0.25, 0.3) is 0 Å². The molecule has 4 unspecified atom stereocenters. The molecule has 0 spiro atoms. The minimum atomic E-state index is -0.682. The van der Waals surface area contributed by atoms with Crippen molar-refractivity contribution in [2.45, 2.75) is 25.3 Å².